The lowest BCUT2D eigenvalue weighted by Gasteiger charge is -1.93. The number of alkyl halides is 1. The molecule has 0 rings (SSSR count). The third-order valence-corrected chi connectivity index (χ3v) is 2.05. The van der Waals surface area contributed by atoms with Gasteiger partial charge in [-0.1, -0.05) is 6.92 Å². The Bertz CT molecular complexity index is 33.5. The van der Waals surface area contributed by atoms with Gasteiger partial charge in [-0.2, -0.15) is 11.8 Å². The summed E-state index contributed by atoms with van der Waals surface area (Å²) in [5.41, 5.74) is 0. The molecule has 0 N–H and O–H groups in total. The monoisotopic (exact) mass is 136 g/mol. The number of thioether (sulfide) groups is 1. The molecule has 0 aromatic carbocycles. The lowest BCUT2D eigenvalue weighted by molar-refractivity contribution is 0.489. The topological polar surface area (TPSA) is 0 Å². The van der Waals surface area contributed by atoms with Crippen LogP contribution < -0.4 is 0 Å². The fraction of sp³-hybridized carbons (Fsp3) is 1.00. The van der Waals surface area contributed by atoms with Gasteiger partial charge in [0.15, 0.2) is 0 Å². The molecule has 0 radical (unpaired) electrons. The minimum atomic E-state index is -0.156. The van der Waals surface area contributed by atoms with Crippen molar-refractivity contribution >= 4 is 11.8 Å². The summed E-state index contributed by atoms with van der Waals surface area (Å²) < 4.78 is 11.4. The highest BCUT2D eigenvalue weighted by molar-refractivity contribution is 7.99. The van der Waals surface area contributed by atoms with E-state index in [0.717, 1.165) is 12.2 Å². The van der Waals surface area contributed by atoms with E-state index in [-0.39, 0.29) is 6.67 Å². The van der Waals surface area contributed by atoms with Gasteiger partial charge in [0.25, 0.3) is 0 Å². The number of hydrogen-bond acceptors (Lipinski definition) is 1. The molecule has 0 aromatic heterocycles. The van der Waals surface area contributed by atoms with Gasteiger partial charge in [-0.15, -0.1) is 0 Å². The standard InChI is InChI=1S/C6H13FS/c1-2-5-8-6-3-4-7/h2-6H2,1H3. The van der Waals surface area contributed by atoms with E-state index in [1.165, 1.54) is 12.2 Å². The lowest BCUT2D eigenvalue weighted by atomic mass is 10.6. The van der Waals surface area contributed by atoms with E-state index in [4.69, 9.17) is 0 Å². The zero-order valence-electron chi connectivity index (χ0n) is 5.32. The second-order valence-corrected chi connectivity index (χ2v) is 2.88. The van der Waals surface area contributed by atoms with E-state index in [0.29, 0.717) is 0 Å². The predicted octanol–water partition coefficient (Wildman–Crippen LogP) is 2.49. The van der Waals surface area contributed by atoms with Crippen molar-refractivity contribution in [1.82, 2.24) is 0 Å². The maximum atomic E-state index is 11.4. The fourth-order valence-electron chi connectivity index (χ4n) is 0.403. The van der Waals surface area contributed by atoms with Crippen molar-refractivity contribution in [3.8, 4) is 0 Å². The first-order valence-corrected chi connectivity index (χ1v) is 4.21. The van der Waals surface area contributed by atoms with Crippen LogP contribution in [0.1, 0.15) is 19.8 Å². The molecule has 50 valence electrons. The average Bonchev–Trinajstić information content (AvgIpc) is 1.81. The van der Waals surface area contributed by atoms with Crippen molar-refractivity contribution in [3.63, 3.8) is 0 Å². The third kappa shape index (κ3) is 6.28. The minimum Gasteiger partial charge on any atom is -0.251 e. The van der Waals surface area contributed by atoms with Gasteiger partial charge in [-0.05, 0) is 24.3 Å². The van der Waals surface area contributed by atoms with Gasteiger partial charge < -0.3 is 0 Å². The maximum absolute atomic E-state index is 11.4. The summed E-state index contributed by atoms with van der Waals surface area (Å²) in [7, 11) is 0. The molecule has 0 unspecified atom stereocenters. The van der Waals surface area contributed by atoms with E-state index >= 15 is 0 Å². The molecule has 0 saturated heterocycles. The highest BCUT2D eigenvalue weighted by Crippen LogP contribution is 2.03. The zero-order valence-corrected chi connectivity index (χ0v) is 6.14. The van der Waals surface area contributed by atoms with Gasteiger partial charge in [0, 0.05) is 0 Å². The Hall–Kier alpha value is 0.280. The fourth-order valence-corrected chi connectivity index (χ4v) is 1.21. The van der Waals surface area contributed by atoms with Crippen LogP contribution in [0.15, 0.2) is 0 Å². The smallest absolute Gasteiger partial charge is 0.0902 e. The molecule has 0 bridgehead atoms. The molecule has 0 aliphatic heterocycles. The molecule has 0 atom stereocenters. The van der Waals surface area contributed by atoms with Gasteiger partial charge in [-0.25, -0.2) is 0 Å². The van der Waals surface area contributed by atoms with Crippen LogP contribution in [-0.2, 0) is 0 Å². The minimum absolute atomic E-state index is 0.156. The number of halogens is 1. The molecular formula is C6H13FS. The average molecular weight is 136 g/mol. The summed E-state index contributed by atoms with van der Waals surface area (Å²) in [6, 6.07) is 0. The van der Waals surface area contributed by atoms with Crippen molar-refractivity contribution in [2.45, 2.75) is 19.8 Å². The molecule has 0 amide bonds. The second kappa shape index (κ2) is 7.28. The van der Waals surface area contributed by atoms with Crippen LogP contribution in [0.25, 0.3) is 0 Å². The molecule has 2 heteroatoms. The highest BCUT2D eigenvalue weighted by Gasteiger charge is 1.84. The van der Waals surface area contributed by atoms with E-state index in [1.54, 1.807) is 0 Å². The maximum Gasteiger partial charge on any atom is 0.0902 e. The van der Waals surface area contributed by atoms with Gasteiger partial charge in [0.2, 0.25) is 0 Å². The van der Waals surface area contributed by atoms with Crippen LogP contribution in [0.2, 0.25) is 0 Å². The first-order valence-electron chi connectivity index (χ1n) is 3.05. The first kappa shape index (κ1) is 8.28. The van der Waals surface area contributed by atoms with Crippen molar-refractivity contribution in [2.24, 2.45) is 0 Å². The van der Waals surface area contributed by atoms with Crippen LogP contribution >= 0.6 is 11.8 Å². The zero-order chi connectivity index (χ0) is 6.24. The Labute approximate surface area is 54.9 Å². The van der Waals surface area contributed by atoms with Crippen LogP contribution in [0.5, 0.6) is 0 Å². The summed E-state index contributed by atoms with van der Waals surface area (Å²) in [5, 5.41) is 0. The lowest BCUT2D eigenvalue weighted by Crippen LogP contribution is -1.82. The summed E-state index contributed by atoms with van der Waals surface area (Å²) in [5.74, 6) is 2.17. The molecule has 8 heavy (non-hydrogen) atoms. The molecular weight excluding hydrogens is 123 g/mol. The molecule has 0 aliphatic carbocycles. The molecule has 0 spiro atoms. The largest absolute Gasteiger partial charge is 0.251 e. The normalized spacial score (nSPS) is 9.75. The molecule has 0 heterocycles. The highest BCUT2D eigenvalue weighted by atomic mass is 32.2. The van der Waals surface area contributed by atoms with Crippen molar-refractivity contribution in [2.75, 3.05) is 18.2 Å². The van der Waals surface area contributed by atoms with E-state index in [2.05, 4.69) is 6.92 Å². The molecule has 0 saturated carbocycles. The van der Waals surface area contributed by atoms with Crippen molar-refractivity contribution < 1.29 is 4.39 Å². The molecule has 0 fully saturated rings. The summed E-state index contributed by atoms with van der Waals surface area (Å²) in [6.45, 7) is 1.99. The van der Waals surface area contributed by atoms with E-state index < -0.39 is 0 Å². The van der Waals surface area contributed by atoms with E-state index in [9.17, 15) is 4.39 Å². The second-order valence-electron chi connectivity index (χ2n) is 1.65. The van der Waals surface area contributed by atoms with Gasteiger partial charge >= 0.3 is 0 Å². The summed E-state index contributed by atoms with van der Waals surface area (Å²) in [4.78, 5) is 0. The predicted molar refractivity (Wildman–Crippen MR) is 38.2 cm³/mol. The van der Waals surface area contributed by atoms with E-state index in [1.807, 2.05) is 11.8 Å². The first-order chi connectivity index (χ1) is 3.91. The van der Waals surface area contributed by atoms with Crippen molar-refractivity contribution in [1.29, 1.82) is 0 Å². The third-order valence-electron chi connectivity index (χ3n) is 0.771. The van der Waals surface area contributed by atoms with Crippen molar-refractivity contribution in [3.05, 3.63) is 0 Å². The Morgan fingerprint density at radius 1 is 1.38 bits per heavy atom. The quantitative estimate of drug-likeness (QED) is 0.523. The summed E-state index contributed by atoms with van der Waals surface area (Å²) >= 11 is 1.84. The van der Waals surface area contributed by atoms with Crippen LogP contribution in [0.4, 0.5) is 4.39 Å². The molecule has 0 aromatic rings. The molecule has 0 nitrogen and oxygen atoms in total. The molecule has 0 aliphatic rings. The van der Waals surface area contributed by atoms with Crippen LogP contribution in [0.3, 0.4) is 0 Å². The van der Waals surface area contributed by atoms with Gasteiger partial charge in [0.1, 0.15) is 0 Å². The van der Waals surface area contributed by atoms with Crippen LogP contribution in [0, 0.1) is 0 Å². The Kier molecular flexibility index (Phi) is 7.53. The number of rotatable bonds is 5. The Balaban J connectivity index is 2.53. The Morgan fingerprint density at radius 2 is 2.12 bits per heavy atom. The summed E-state index contributed by atoms with van der Waals surface area (Å²) in [6.07, 6.45) is 1.93. The number of hydrogen-bond donors (Lipinski definition) is 0. The Morgan fingerprint density at radius 3 is 2.62 bits per heavy atom. The van der Waals surface area contributed by atoms with Gasteiger partial charge in [0.05, 0.1) is 6.67 Å². The van der Waals surface area contributed by atoms with Crippen LogP contribution in [-0.4, -0.2) is 18.2 Å². The van der Waals surface area contributed by atoms with Gasteiger partial charge in [-0.3, -0.25) is 4.39 Å². The SMILES string of the molecule is CCCSCCCF.